The van der Waals surface area contributed by atoms with E-state index in [-0.39, 0.29) is 11.6 Å². The molecule has 4 rings (SSSR count). The van der Waals surface area contributed by atoms with Gasteiger partial charge < -0.3 is 10.1 Å². The van der Waals surface area contributed by atoms with E-state index in [0.717, 1.165) is 24.1 Å². The molecule has 0 radical (unpaired) electrons. The van der Waals surface area contributed by atoms with Crippen molar-refractivity contribution in [1.29, 1.82) is 0 Å². The molecule has 26 heavy (non-hydrogen) atoms. The molecule has 0 spiro atoms. The molecule has 1 fully saturated rings. The summed E-state index contributed by atoms with van der Waals surface area (Å²) in [6, 6.07) is 9.83. The van der Waals surface area contributed by atoms with Crippen molar-refractivity contribution in [3.63, 3.8) is 0 Å². The van der Waals surface area contributed by atoms with E-state index in [1.807, 2.05) is 30.3 Å². The average Bonchev–Trinajstić information content (AvgIpc) is 3.18. The first kappa shape index (κ1) is 16.9. The van der Waals surface area contributed by atoms with Crippen molar-refractivity contribution < 1.29 is 4.74 Å². The molecule has 0 amide bonds. The summed E-state index contributed by atoms with van der Waals surface area (Å²) in [5.41, 5.74) is 1.68. The van der Waals surface area contributed by atoms with Crippen LogP contribution in [0, 0.1) is 0 Å². The zero-order valence-electron chi connectivity index (χ0n) is 15.3. The molecule has 0 aliphatic carbocycles. The summed E-state index contributed by atoms with van der Waals surface area (Å²) in [5, 5.41) is 11.8. The van der Waals surface area contributed by atoms with Crippen LogP contribution < -0.4 is 5.32 Å². The Labute approximate surface area is 152 Å². The fourth-order valence-corrected chi connectivity index (χ4v) is 3.24. The zero-order valence-corrected chi connectivity index (χ0v) is 15.3. The summed E-state index contributed by atoms with van der Waals surface area (Å²) in [7, 11) is 0. The van der Waals surface area contributed by atoms with Crippen LogP contribution in [0.4, 0.5) is 5.95 Å². The molecule has 3 heterocycles. The number of rotatable bonds is 5. The third-order valence-corrected chi connectivity index (χ3v) is 4.36. The first-order valence-electron chi connectivity index (χ1n) is 8.77. The monoisotopic (exact) mass is 353 g/mol. The average molecular weight is 353 g/mol. The highest BCUT2D eigenvalue weighted by Crippen LogP contribution is 2.20. The number of anilines is 1. The van der Waals surface area contributed by atoms with Crippen LogP contribution in [0.15, 0.2) is 36.5 Å². The molecule has 0 saturated carbocycles. The number of fused-ring (bicyclic) bond motifs is 1. The van der Waals surface area contributed by atoms with Gasteiger partial charge in [-0.2, -0.15) is 9.67 Å². The van der Waals surface area contributed by atoms with E-state index in [0.29, 0.717) is 18.5 Å². The van der Waals surface area contributed by atoms with Gasteiger partial charge in [0, 0.05) is 31.4 Å². The van der Waals surface area contributed by atoms with E-state index in [1.54, 1.807) is 10.9 Å². The second-order valence-electron chi connectivity index (χ2n) is 7.32. The molecular weight excluding hydrogens is 330 g/mol. The molecule has 136 valence electrons. The minimum atomic E-state index is -0.0791. The number of aromatic nitrogens is 5. The minimum Gasteiger partial charge on any atom is -0.359 e. The molecule has 1 aliphatic heterocycles. The number of nitrogens with zero attached hydrogens (tertiary/aromatic N) is 6. The summed E-state index contributed by atoms with van der Waals surface area (Å²) < 4.78 is 7.49. The predicted octanol–water partition coefficient (Wildman–Crippen LogP) is 2.08. The maximum atomic E-state index is 5.76. The van der Waals surface area contributed by atoms with Crippen LogP contribution in [0.2, 0.25) is 0 Å². The molecule has 1 N–H and O–H groups in total. The summed E-state index contributed by atoms with van der Waals surface area (Å²) in [5.74, 6) is 1.27. The molecular formula is C18H23N7O. The van der Waals surface area contributed by atoms with Gasteiger partial charge in [-0.3, -0.25) is 4.90 Å². The quantitative estimate of drug-likeness (QED) is 0.752. The lowest BCUT2D eigenvalue weighted by Gasteiger charge is -2.21. The van der Waals surface area contributed by atoms with Crippen LogP contribution in [0.3, 0.4) is 0 Å². The molecule has 0 unspecified atom stereocenters. The molecule has 1 saturated heterocycles. The van der Waals surface area contributed by atoms with Crippen molar-refractivity contribution in [1.82, 2.24) is 29.9 Å². The largest absolute Gasteiger partial charge is 0.359 e. The van der Waals surface area contributed by atoms with Gasteiger partial charge in [0.15, 0.2) is 5.82 Å². The molecule has 0 bridgehead atoms. The second-order valence-corrected chi connectivity index (χ2v) is 7.32. The minimum absolute atomic E-state index is 0.0791. The number of para-hydroxylation sites is 1. The van der Waals surface area contributed by atoms with Gasteiger partial charge in [0.05, 0.1) is 17.8 Å². The number of hydrogen-bond acceptors (Lipinski definition) is 7. The summed E-state index contributed by atoms with van der Waals surface area (Å²) >= 11 is 0. The Morgan fingerprint density at radius 1 is 1.27 bits per heavy atom. The number of ether oxygens (including phenoxy) is 1. The van der Waals surface area contributed by atoms with Gasteiger partial charge in [-0.15, -0.1) is 5.10 Å². The van der Waals surface area contributed by atoms with Gasteiger partial charge in [0.2, 0.25) is 5.95 Å². The first-order valence-corrected chi connectivity index (χ1v) is 8.77. The van der Waals surface area contributed by atoms with E-state index in [1.165, 1.54) is 0 Å². The third-order valence-electron chi connectivity index (χ3n) is 4.36. The Bertz CT molecular complexity index is 907. The van der Waals surface area contributed by atoms with Gasteiger partial charge in [0.1, 0.15) is 5.52 Å². The molecule has 2 aromatic heterocycles. The Kier molecular flexibility index (Phi) is 4.29. The second kappa shape index (κ2) is 6.62. The SMILES string of the molecule is C[C@H](CN1COC(C)(C)C1)Nc1nccc(-n2nnc3ccccc32)n1. The van der Waals surface area contributed by atoms with Crippen molar-refractivity contribution >= 4 is 17.0 Å². The van der Waals surface area contributed by atoms with Crippen LogP contribution in [0.25, 0.3) is 16.9 Å². The van der Waals surface area contributed by atoms with Crippen LogP contribution in [0.5, 0.6) is 0 Å². The lowest BCUT2D eigenvalue weighted by molar-refractivity contribution is 0.0321. The summed E-state index contributed by atoms with van der Waals surface area (Å²) in [6.45, 7) is 8.78. The Hall–Kier alpha value is -2.58. The van der Waals surface area contributed by atoms with Crippen LogP contribution in [-0.4, -0.2) is 61.3 Å². The molecule has 1 aromatic carbocycles. The highest BCUT2D eigenvalue weighted by atomic mass is 16.5. The van der Waals surface area contributed by atoms with Gasteiger partial charge >= 0.3 is 0 Å². The van der Waals surface area contributed by atoms with Crippen molar-refractivity contribution in [2.75, 3.05) is 25.1 Å². The fourth-order valence-electron chi connectivity index (χ4n) is 3.24. The van der Waals surface area contributed by atoms with Crippen LogP contribution in [-0.2, 0) is 4.74 Å². The van der Waals surface area contributed by atoms with E-state index in [4.69, 9.17) is 4.74 Å². The normalized spacial score (nSPS) is 18.3. The lowest BCUT2D eigenvalue weighted by Crippen LogP contribution is -2.36. The zero-order chi connectivity index (χ0) is 18.1. The molecule has 3 aromatic rings. The third kappa shape index (κ3) is 3.51. The topological polar surface area (TPSA) is 81.0 Å². The van der Waals surface area contributed by atoms with E-state index < -0.39 is 0 Å². The van der Waals surface area contributed by atoms with Gasteiger partial charge in [-0.05, 0) is 32.9 Å². The van der Waals surface area contributed by atoms with Gasteiger partial charge in [0.25, 0.3) is 0 Å². The maximum absolute atomic E-state index is 5.76. The Morgan fingerprint density at radius 2 is 2.12 bits per heavy atom. The maximum Gasteiger partial charge on any atom is 0.224 e. The van der Waals surface area contributed by atoms with Crippen molar-refractivity contribution in [2.45, 2.75) is 32.4 Å². The van der Waals surface area contributed by atoms with E-state index >= 15 is 0 Å². The van der Waals surface area contributed by atoms with Gasteiger partial charge in [-0.1, -0.05) is 17.3 Å². The van der Waals surface area contributed by atoms with E-state index in [2.05, 4.69) is 51.3 Å². The molecule has 8 heteroatoms. The number of nitrogens with one attached hydrogen (secondary N) is 1. The van der Waals surface area contributed by atoms with Crippen molar-refractivity contribution in [3.8, 4) is 5.82 Å². The summed E-state index contributed by atoms with van der Waals surface area (Å²) in [6.07, 6.45) is 1.73. The highest BCUT2D eigenvalue weighted by Gasteiger charge is 2.30. The van der Waals surface area contributed by atoms with Crippen LogP contribution in [0.1, 0.15) is 20.8 Å². The van der Waals surface area contributed by atoms with E-state index in [9.17, 15) is 0 Å². The number of benzene rings is 1. The summed E-state index contributed by atoms with van der Waals surface area (Å²) in [4.78, 5) is 11.2. The first-order chi connectivity index (χ1) is 12.5. The molecule has 8 nitrogen and oxygen atoms in total. The predicted molar refractivity (Wildman–Crippen MR) is 99.1 cm³/mol. The van der Waals surface area contributed by atoms with Crippen molar-refractivity contribution in [2.24, 2.45) is 0 Å². The fraction of sp³-hybridized carbons (Fsp3) is 0.444. The number of hydrogen-bond donors (Lipinski definition) is 1. The Balaban J connectivity index is 1.48. The van der Waals surface area contributed by atoms with Crippen molar-refractivity contribution in [3.05, 3.63) is 36.5 Å². The Morgan fingerprint density at radius 3 is 2.92 bits per heavy atom. The molecule has 1 aliphatic rings. The van der Waals surface area contributed by atoms with Crippen LogP contribution >= 0.6 is 0 Å². The standard InChI is InChI=1S/C18H23N7O/c1-13(10-24-11-18(2,3)26-12-24)20-17-19-9-8-16(21-17)25-15-7-5-4-6-14(15)22-23-25/h4-9,13H,10-12H2,1-3H3,(H,19,20,21)/t13-/m1/s1. The molecule has 1 atom stereocenters. The smallest absolute Gasteiger partial charge is 0.224 e. The van der Waals surface area contributed by atoms with Gasteiger partial charge in [-0.25, -0.2) is 4.98 Å². The lowest BCUT2D eigenvalue weighted by atomic mass is 10.1. The highest BCUT2D eigenvalue weighted by molar-refractivity contribution is 5.75.